The number of hydrogen-bond donors (Lipinski definition) is 0. The van der Waals surface area contributed by atoms with Gasteiger partial charge in [-0.15, -0.1) is 11.3 Å². The summed E-state index contributed by atoms with van der Waals surface area (Å²) in [5.74, 6) is 0.858. The van der Waals surface area contributed by atoms with Crippen LogP contribution in [0.15, 0.2) is 40.3 Å². The van der Waals surface area contributed by atoms with Gasteiger partial charge in [-0.05, 0) is 43.2 Å². The zero-order valence-corrected chi connectivity index (χ0v) is 17.1. The van der Waals surface area contributed by atoms with Crippen LogP contribution >= 0.6 is 23.1 Å². The van der Waals surface area contributed by atoms with E-state index in [4.69, 9.17) is 4.98 Å². The Morgan fingerprint density at radius 1 is 1.07 bits per heavy atom. The van der Waals surface area contributed by atoms with Crippen LogP contribution in [0.1, 0.15) is 60.6 Å². The Hall–Kier alpha value is -1.59. The third kappa shape index (κ3) is 3.25. The number of benzene rings is 1. The molecule has 3 aromatic rings. The van der Waals surface area contributed by atoms with Crippen molar-refractivity contribution in [3.63, 3.8) is 0 Å². The van der Waals surface area contributed by atoms with Crippen LogP contribution in [-0.2, 0) is 18.6 Å². The number of nitrogens with zero attached hydrogens (tertiary/aromatic N) is 2. The van der Waals surface area contributed by atoms with Crippen molar-refractivity contribution in [1.82, 2.24) is 9.55 Å². The van der Waals surface area contributed by atoms with Crippen LogP contribution in [0.3, 0.4) is 0 Å². The van der Waals surface area contributed by atoms with E-state index in [-0.39, 0.29) is 5.56 Å². The molecule has 27 heavy (non-hydrogen) atoms. The first kappa shape index (κ1) is 17.5. The summed E-state index contributed by atoms with van der Waals surface area (Å²) < 4.78 is 2.07. The quantitative estimate of drug-likeness (QED) is 0.416. The van der Waals surface area contributed by atoms with Crippen LogP contribution in [0.2, 0.25) is 0 Å². The second kappa shape index (κ2) is 7.44. The van der Waals surface area contributed by atoms with Crippen LogP contribution < -0.4 is 5.56 Å². The van der Waals surface area contributed by atoms with Crippen LogP contribution in [-0.4, -0.2) is 9.55 Å². The second-order valence-electron chi connectivity index (χ2n) is 7.67. The zero-order chi connectivity index (χ0) is 18.2. The van der Waals surface area contributed by atoms with Crippen molar-refractivity contribution >= 4 is 33.3 Å². The van der Waals surface area contributed by atoms with Crippen molar-refractivity contribution in [2.45, 2.75) is 68.3 Å². The molecule has 2 heterocycles. The van der Waals surface area contributed by atoms with Crippen LogP contribution in [0.5, 0.6) is 0 Å². The number of aromatic nitrogens is 2. The van der Waals surface area contributed by atoms with Crippen molar-refractivity contribution in [2.75, 3.05) is 0 Å². The highest BCUT2D eigenvalue weighted by atomic mass is 32.2. The van der Waals surface area contributed by atoms with Gasteiger partial charge in [0.25, 0.3) is 5.56 Å². The summed E-state index contributed by atoms with van der Waals surface area (Å²) in [6.45, 7) is 0. The highest BCUT2D eigenvalue weighted by molar-refractivity contribution is 7.98. The van der Waals surface area contributed by atoms with Crippen molar-refractivity contribution < 1.29 is 0 Å². The molecule has 0 radical (unpaired) electrons. The van der Waals surface area contributed by atoms with Gasteiger partial charge in [-0.2, -0.15) is 0 Å². The maximum Gasteiger partial charge on any atom is 0.263 e. The van der Waals surface area contributed by atoms with Crippen LogP contribution in [0.4, 0.5) is 0 Å². The Bertz CT molecular complexity index is 1020. The summed E-state index contributed by atoms with van der Waals surface area (Å²) in [4.78, 5) is 21.0. The van der Waals surface area contributed by atoms with Gasteiger partial charge in [0.1, 0.15) is 4.83 Å². The average molecular weight is 397 g/mol. The molecule has 1 fully saturated rings. The normalized spacial score (nSPS) is 17.5. The van der Waals surface area contributed by atoms with E-state index < -0.39 is 0 Å². The number of aryl methyl sites for hydroxylation is 2. The molecular weight excluding hydrogens is 372 g/mol. The molecule has 0 bridgehead atoms. The van der Waals surface area contributed by atoms with E-state index in [0.29, 0.717) is 6.04 Å². The molecule has 1 saturated carbocycles. The van der Waals surface area contributed by atoms with Crippen LogP contribution in [0.25, 0.3) is 10.2 Å². The summed E-state index contributed by atoms with van der Waals surface area (Å²) in [5.41, 5.74) is 2.80. The first-order chi connectivity index (χ1) is 13.3. The van der Waals surface area contributed by atoms with Crippen molar-refractivity contribution in [2.24, 2.45) is 0 Å². The largest absolute Gasteiger partial charge is 0.284 e. The Balaban J connectivity index is 1.60. The highest BCUT2D eigenvalue weighted by Crippen LogP contribution is 2.38. The molecule has 1 aromatic carbocycles. The standard InChI is InChI=1S/C22H24N2OS2/c25-21-19-17-12-7-13-18(17)27-20(19)23-22(24(21)16-10-5-2-6-11-16)26-14-15-8-3-1-4-9-15/h1,3-4,8-9,16H,2,5-7,10-14H2. The second-order valence-corrected chi connectivity index (χ2v) is 9.70. The van der Waals surface area contributed by atoms with E-state index in [2.05, 4.69) is 28.8 Å². The van der Waals surface area contributed by atoms with Gasteiger partial charge in [0.15, 0.2) is 5.16 Å². The molecule has 0 N–H and O–H groups in total. The molecule has 0 atom stereocenters. The lowest BCUT2D eigenvalue weighted by Gasteiger charge is -2.26. The number of thioether (sulfide) groups is 1. The van der Waals surface area contributed by atoms with E-state index in [1.165, 1.54) is 41.7 Å². The lowest BCUT2D eigenvalue weighted by molar-refractivity contribution is 0.326. The average Bonchev–Trinajstić information content (AvgIpc) is 3.28. The molecule has 5 heteroatoms. The third-order valence-corrected chi connectivity index (χ3v) is 8.10. The molecular formula is C22H24N2OS2. The zero-order valence-electron chi connectivity index (χ0n) is 15.4. The minimum Gasteiger partial charge on any atom is -0.284 e. The summed E-state index contributed by atoms with van der Waals surface area (Å²) in [6, 6.07) is 10.8. The van der Waals surface area contributed by atoms with Crippen molar-refractivity contribution in [3.05, 3.63) is 56.7 Å². The predicted octanol–water partition coefficient (Wildman–Crippen LogP) is 5.74. The molecule has 0 saturated heterocycles. The highest BCUT2D eigenvalue weighted by Gasteiger charge is 2.26. The van der Waals surface area contributed by atoms with E-state index >= 15 is 0 Å². The fraction of sp³-hybridized carbons (Fsp3) is 0.455. The van der Waals surface area contributed by atoms with E-state index in [1.807, 2.05) is 6.07 Å². The Morgan fingerprint density at radius 3 is 2.70 bits per heavy atom. The SMILES string of the molecule is O=c1c2c3c(sc2nc(SCc2ccccc2)n1C1CCCCC1)CCC3. The van der Waals surface area contributed by atoms with Gasteiger partial charge in [-0.3, -0.25) is 9.36 Å². The predicted molar refractivity (Wildman–Crippen MR) is 114 cm³/mol. The van der Waals surface area contributed by atoms with E-state index in [9.17, 15) is 4.79 Å². The summed E-state index contributed by atoms with van der Waals surface area (Å²) in [6.07, 6.45) is 9.31. The first-order valence-corrected chi connectivity index (χ1v) is 11.8. The fourth-order valence-electron chi connectivity index (χ4n) is 4.52. The van der Waals surface area contributed by atoms with Gasteiger partial charge in [-0.1, -0.05) is 61.4 Å². The molecule has 0 amide bonds. The molecule has 2 aliphatic rings. The lowest BCUT2D eigenvalue weighted by Crippen LogP contribution is -2.29. The van der Waals surface area contributed by atoms with Gasteiger partial charge in [0.05, 0.1) is 5.39 Å². The van der Waals surface area contributed by atoms with Gasteiger partial charge >= 0.3 is 0 Å². The fourth-order valence-corrected chi connectivity index (χ4v) is 6.85. The summed E-state index contributed by atoms with van der Waals surface area (Å²) >= 11 is 3.48. The number of hydrogen-bond acceptors (Lipinski definition) is 4. The maximum atomic E-state index is 13.6. The molecule has 140 valence electrons. The Labute approximate surface area is 167 Å². The minimum atomic E-state index is 0.224. The van der Waals surface area contributed by atoms with E-state index in [1.54, 1.807) is 23.1 Å². The van der Waals surface area contributed by atoms with E-state index in [0.717, 1.165) is 46.8 Å². The Morgan fingerprint density at radius 2 is 1.89 bits per heavy atom. The minimum absolute atomic E-state index is 0.224. The lowest BCUT2D eigenvalue weighted by atomic mass is 9.95. The summed E-state index contributed by atoms with van der Waals surface area (Å²) in [7, 11) is 0. The van der Waals surface area contributed by atoms with Crippen LogP contribution in [0, 0.1) is 0 Å². The van der Waals surface area contributed by atoms with Gasteiger partial charge in [0.2, 0.25) is 0 Å². The topological polar surface area (TPSA) is 34.9 Å². The molecule has 2 aromatic heterocycles. The molecule has 2 aliphatic carbocycles. The van der Waals surface area contributed by atoms with Gasteiger partial charge in [-0.25, -0.2) is 4.98 Å². The molecule has 5 rings (SSSR count). The number of thiophene rings is 1. The molecule has 3 nitrogen and oxygen atoms in total. The van der Waals surface area contributed by atoms with Gasteiger partial charge in [0, 0.05) is 16.7 Å². The molecule has 0 spiro atoms. The smallest absolute Gasteiger partial charge is 0.263 e. The Kier molecular flexibility index (Phi) is 4.82. The maximum absolute atomic E-state index is 13.6. The third-order valence-electron chi connectivity index (χ3n) is 5.89. The van der Waals surface area contributed by atoms with Crippen molar-refractivity contribution in [3.8, 4) is 0 Å². The molecule has 0 aliphatic heterocycles. The van der Waals surface area contributed by atoms with Crippen molar-refractivity contribution in [1.29, 1.82) is 0 Å². The number of fused-ring (bicyclic) bond motifs is 3. The summed E-state index contributed by atoms with van der Waals surface area (Å²) in [5, 5.41) is 1.85. The molecule has 0 unspecified atom stereocenters. The van der Waals surface area contributed by atoms with Gasteiger partial charge < -0.3 is 0 Å². The number of rotatable bonds is 4. The first-order valence-electron chi connectivity index (χ1n) is 10.0. The monoisotopic (exact) mass is 396 g/mol.